The summed E-state index contributed by atoms with van der Waals surface area (Å²) >= 11 is 0. The van der Waals surface area contributed by atoms with Gasteiger partial charge in [0.05, 0.1) is 5.92 Å². The Morgan fingerprint density at radius 2 is 0.857 bits per heavy atom. The predicted molar refractivity (Wildman–Crippen MR) is 146 cm³/mol. The van der Waals surface area contributed by atoms with Crippen LogP contribution >= 0.6 is 0 Å². The first-order valence-corrected chi connectivity index (χ1v) is 15.1. The van der Waals surface area contributed by atoms with E-state index in [0.717, 1.165) is 38.5 Å². The van der Waals surface area contributed by atoms with Gasteiger partial charge in [0, 0.05) is 0 Å². The molecule has 0 heterocycles. The third kappa shape index (κ3) is 17.9. The smallest absolute Gasteiger partial charge is 0.336 e. The van der Waals surface area contributed by atoms with Gasteiger partial charge in [0.2, 0.25) is 0 Å². The molecule has 0 saturated heterocycles. The lowest BCUT2D eigenvalue weighted by Crippen LogP contribution is -2.49. The Kier molecular flexibility index (Phi) is 22.6. The molecule has 35 heavy (non-hydrogen) atoms. The van der Waals surface area contributed by atoms with Gasteiger partial charge in [-0.2, -0.15) is 0 Å². The summed E-state index contributed by atoms with van der Waals surface area (Å²) in [5.41, 5.74) is -2.16. The highest BCUT2D eigenvalue weighted by Gasteiger charge is 2.47. The predicted octanol–water partition coefficient (Wildman–Crippen LogP) is 8.91. The average Bonchev–Trinajstić information content (AvgIpc) is 2.82. The maximum Gasteiger partial charge on any atom is 0.336 e. The molecule has 0 aliphatic carbocycles. The molecule has 0 spiro atoms. The van der Waals surface area contributed by atoms with Crippen LogP contribution in [0.5, 0.6) is 0 Å². The van der Waals surface area contributed by atoms with Crippen LogP contribution in [0, 0.1) is 5.92 Å². The zero-order valence-corrected chi connectivity index (χ0v) is 23.2. The molecule has 0 aliphatic rings. The van der Waals surface area contributed by atoms with Crippen molar-refractivity contribution >= 4 is 11.9 Å². The number of aliphatic hydroxyl groups is 1. The van der Waals surface area contributed by atoms with E-state index in [-0.39, 0.29) is 12.8 Å². The number of carbonyl (C=O) groups is 2. The lowest BCUT2D eigenvalue weighted by Gasteiger charge is -2.30. The molecule has 3 N–H and O–H groups in total. The summed E-state index contributed by atoms with van der Waals surface area (Å²) < 4.78 is 0. The fourth-order valence-corrected chi connectivity index (χ4v) is 5.07. The molecule has 2 atom stereocenters. The second-order valence-electron chi connectivity index (χ2n) is 10.7. The Bertz CT molecular complexity index is 507. The molecule has 5 heteroatoms. The Morgan fingerprint density at radius 3 is 1.17 bits per heavy atom. The highest BCUT2D eigenvalue weighted by molar-refractivity contribution is 5.85. The van der Waals surface area contributed by atoms with Gasteiger partial charge in [-0.15, -0.1) is 0 Å². The molecule has 0 aliphatic heterocycles. The van der Waals surface area contributed by atoms with Crippen LogP contribution in [0.2, 0.25) is 0 Å². The minimum Gasteiger partial charge on any atom is -0.481 e. The quantitative estimate of drug-likeness (QED) is 0.0983. The average molecular weight is 499 g/mol. The number of hydrogen-bond donors (Lipinski definition) is 3. The van der Waals surface area contributed by atoms with Crippen molar-refractivity contribution in [3.8, 4) is 0 Å². The summed E-state index contributed by atoms with van der Waals surface area (Å²) in [6.07, 6.45) is 25.5. The van der Waals surface area contributed by atoms with E-state index in [2.05, 4.69) is 13.8 Å². The number of carboxylic acids is 2. The van der Waals surface area contributed by atoms with E-state index in [1.165, 1.54) is 89.9 Å². The largest absolute Gasteiger partial charge is 0.481 e. The van der Waals surface area contributed by atoms with Crippen LogP contribution in [0.4, 0.5) is 0 Å². The first kappa shape index (κ1) is 33.9. The topological polar surface area (TPSA) is 94.8 Å². The van der Waals surface area contributed by atoms with Crippen LogP contribution in [0.15, 0.2) is 0 Å². The number of hydrogen-bond acceptors (Lipinski definition) is 3. The van der Waals surface area contributed by atoms with Crippen LogP contribution in [0.25, 0.3) is 0 Å². The molecule has 0 saturated carbocycles. The first-order valence-electron chi connectivity index (χ1n) is 15.1. The van der Waals surface area contributed by atoms with Crippen molar-refractivity contribution in [2.24, 2.45) is 5.92 Å². The minimum absolute atomic E-state index is 0.0222. The zero-order chi connectivity index (χ0) is 26.2. The number of rotatable bonds is 27. The SMILES string of the molecule is CCCCCCCCCCCCCC(C(=O)O)C(O)(CCCCCCCCCCCCC)C(=O)O. The molecule has 0 rings (SSSR count). The van der Waals surface area contributed by atoms with Gasteiger partial charge >= 0.3 is 11.9 Å². The van der Waals surface area contributed by atoms with Gasteiger partial charge in [-0.25, -0.2) is 4.79 Å². The molecule has 0 fully saturated rings. The standard InChI is InChI=1S/C30H58O5/c1-3-5-7-9-11-13-15-17-19-21-23-25-27(28(31)32)30(35,29(33)34)26-24-22-20-18-16-14-12-10-8-6-4-2/h27,35H,3-26H2,1-2H3,(H,31,32)(H,33,34). The molecule has 5 nitrogen and oxygen atoms in total. The molecule has 208 valence electrons. The fourth-order valence-electron chi connectivity index (χ4n) is 5.07. The third-order valence-electron chi connectivity index (χ3n) is 7.50. The molecule has 0 aromatic rings. The fraction of sp³-hybridized carbons (Fsp3) is 0.933. The lowest BCUT2D eigenvalue weighted by atomic mass is 9.79. The number of carboxylic acid groups (broad SMARTS) is 2. The van der Waals surface area contributed by atoms with Crippen molar-refractivity contribution in [1.29, 1.82) is 0 Å². The monoisotopic (exact) mass is 498 g/mol. The molecule has 0 aromatic heterocycles. The van der Waals surface area contributed by atoms with E-state index < -0.39 is 23.5 Å². The molecular weight excluding hydrogens is 440 g/mol. The summed E-state index contributed by atoms with van der Waals surface area (Å²) in [6, 6.07) is 0. The highest BCUT2D eigenvalue weighted by atomic mass is 16.4. The van der Waals surface area contributed by atoms with Crippen LogP contribution in [0.3, 0.4) is 0 Å². The van der Waals surface area contributed by atoms with Crippen molar-refractivity contribution in [2.75, 3.05) is 0 Å². The van der Waals surface area contributed by atoms with Crippen molar-refractivity contribution in [1.82, 2.24) is 0 Å². The summed E-state index contributed by atoms with van der Waals surface area (Å²) in [6.45, 7) is 4.45. The summed E-state index contributed by atoms with van der Waals surface area (Å²) in [5, 5.41) is 30.2. The molecule has 0 aromatic carbocycles. The second kappa shape index (κ2) is 23.3. The van der Waals surface area contributed by atoms with E-state index >= 15 is 0 Å². The third-order valence-corrected chi connectivity index (χ3v) is 7.50. The van der Waals surface area contributed by atoms with E-state index in [9.17, 15) is 24.9 Å². The number of aliphatic carboxylic acids is 2. The Hall–Kier alpha value is -1.10. The van der Waals surface area contributed by atoms with Gasteiger partial charge in [-0.05, 0) is 19.3 Å². The number of unbranched alkanes of at least 4 members (excludes halogenated alkanes) is 20. The maximum atomic E-state index is 11.9. The molecule has 0 radical (unpaired) electrons. The van der Waals surface area contributed by atoms with E-state index in [4.69, 9.17) is 0 Å². The van der Waals surface area contributed by atoms with Gasteiger partial charge in [0.15, 0.2) is 5.60 Å². The Morgan fingerprint density at radius 1 is 0.543 bits per heavy atom. The molecular formula is C30H58O5. The minimum atomic E-state index is -2.16. The first-order chi connectivity index (χ1) is 16.9. The molecule has 0 amide bonds. The van der Waals surface area contributed by atoms with E-state index in [0.29, 0.717) is 12.8 Å². The summed E-state index contributed by atoms with van der Waals surface area (Å²) in [4.78, 5) is 23.7. The zero-order valence-electron chi connectivity index (χ0n) is 23.2. The van der Waals surface area contributed by atoms with Crippen LogP contribution in [-0.2, 0) is 9.59 Å². The van der Waals surface area contributed by atoms with Crippen LogP contribution in [-0.4, -0.2) is 32.9 Å². The van der Waals surface area contributed by atoms with Gasteiger partial charge in [0.1, 0.15) is 0 Å². The second-order valence-corrected chi connectivity index (χ2v) is 10.7. The maximum absolute atomic E-state index is 11.9. The molecule has 2 unspecified atom stereocenters. The van der Waals surface area contributed by atoms with Gasteiger partial charge in [-0.3, -0.25) is 4.79 Å². The van der Waals surface area contributed by atoms with Gasteiger partial charge in [-0.1, -0.05) is 149 Å². The van der Waals surface area contributed by atoms with E-state index in [1.807, 2.05) is 0 Å². The van der Waals surface area contributed by atoms with Crippen molar-refractivity contribution in [2.45, 2.75) is 174 Å². The molecule has 0 bridgehead atoms. The van der Waals surface area contributed by atoms with Gasteiger partial charge < -0.3 is 15.3 Å². The Balaban J connectivity index is 4.12. The summed E-state index contributed by atoms with van der Waals surface area (Å²) in [7, 11) is 0. The highest BCUT2D eigenvalue weighted by Crippen LogP contribution is 2.30. The van der Waals surface area contributed by atoms with Crippen molar-refractivity contribution in [3.05, 3.63) is 0 Å². The Labute approximate surface area is 216 Å². The normalized spacial score (nSPS) is 14.0. The van der Waals surface area contributed by atoms with Crippen LogP contribution in [0.1, 0.15) is 168 Å². The summed E-state index contributed by atoms with van der Waals surface area (Å²) in [5.74, 6) is -3.81. The van der Waals surface area contributed by atoms with Gasteiger partial charge in [0.25, 0.3) is 0 Å². The van der Waals surface area contributed by atoms with Crippen LogP contribution < -0.4 is 0 Å². The van der Waals surface area contributed by atoms with Crippen molar-refractivity contribution in [3.63, 3.8) is 0 Å². The van der Waals surface area contributed by atoms with Crippen molar-refractivity contribution < 1.29 is 24.9 Å². The van der Waals surface area contributed by atoms with E-state index in [1.54, 1.807) is 0 Å². The lowest BCUT2D eigenvalue weighted by molar-refractivity contribution is -0.176.